The van der Waals surface area contributed by atoms with Crippen LogP contribution in [0.4, 0.5) is 5.69 Å². The highest BCUT2D eigenvalue weighted by Crippen LogP contribution is 2.11. The van der Waals surface area contributed by atoms with Crippen LogP contribution in [0.2, 0.25) is 0 Å². The minimum absolute atomic E-state index is 0.0660. The van der Waals surface area contributed by atoms with Gasteiger partial charge in [-0.3, -0.25) is 9.59 Å². The summed E-state index contributed by atoms with van der Waals surface area (Å²) in [6.07, 6.45) is 2.79. The molecule has 1 aromatic rings. The molecule has 0 heterocycles. The van der Waals surface area contributed by atoms with Gasteiger partial charge in [0.1, 0.15) is 0 Å². The van der Waals surface area contributed by atoms with Gasteiger partial charge < -0.3 is 10.1 Å². The van der Waals surface area contributed by atoms with E-state index in [-0.39, 0.29) is 5.91 Å². The van der Waals surface area contributed by atoms with Gasteiger partial charge >= 0.3 is 0 Å². The second-order valence-electron chi connectivity index (χ2n) is 3.80. The topological polar surface area (TPSA) is 55.4 Å². The number of amides is 1. The molecule has 0 atom stereocenters. The number of benzene rings is 1. The Balaban J connectivity index is 2.30. The molecule has 92 valence electrons. The van der Waals surface area contributed by atoms with E-state index in [1.165, 1.54) is 12.5 Å². The Morgan fingerprint density at radius 1 is 1.29 bits per heavy atom. The maximum atomic E-state index is 10.8. The van der Waals surface area contributed by atoms with Crippen LogP contribution < -0.4 is 5.32 Å². The van der Waals surface area contributed by atoms with Crippen molar-refractivity contribution in [3.8, 4) is 0 Å². The molecular weight excluding hydrogens is 218 g/mol. The van der Waals surface area contributed by atoms with Gasteiger partial charge in [0.05, 0.1) is 6.61 Å². The minimum Gasteiger partial charge on any atom is -0.468 e. The fourth-order valence-corrected chi connectivity index (χ4v) is 1.52. The average Bonchev–Trinajstić information content (AvgIpc) is 2.30. The van der Waals surface area contributed by atoms with Gasteiger partial charge in [-0.15, -0.1) is 0 Å². The molecule has 0 radical (unpaired) electrons. The first kappa shape index (κ1) is 13.2. The number of carbonyl (C=O) groups excluding carboxylic acids is 2. The summed E-state index contributed by atoms with van der Waals surface area (Å²) in [5, 5.41) is 2.72. The molecule has 0 saturated heterocycles. The summed E-state index contributed by atoms with van der Waals surface area (Å²) in [5.41, 5.74) is 2.02. The number of nitrogens with one attached hydrogen (secondary N) is 1. The Morgan fingerprint density at radius 3 is 2.59 bits per heavy atom. The van der Waals surface area contributed by atoms with E-state index in [9.17, 15) is 9.59 Å². The average molecular weight is 235 g/mol. The molecule has 0 saturated carbocycles. The first-order valence-electron chi connectivity index (χ1n) is 5.64. The predicted octanol–water partition coefficient (Wildman–Crippen LogP) is 2.14. The van der Waals surface area contributed by atoms with Crippen LogP contribution in [0.5, 0.6) is 0 Å². The fourth-order valence-electron chi connectivity index (χ4n) is 1.52. The maximum Gasteiger partial charge on any atom is 0.293 e. The first-order chi connectivity index (χ1) is 8.22. The van der Waals surface area contributed by atoms with Crippen LogP contribution in [-0.2, 0) is 20.7 Å². The maximum absolute atomic E-state index is 10.8. The van der Waals surface area contributed by atoms with Gasteiger partial charge in [0, 0.05) is 12.6 Å². The van der Waals surface area contributed by atoms with Crippen LogP contribution >= 0.6 is 0 Å². The molecule has 0 bridgehead atoms. The predicted molar refractivity (Wildman–Crippen MR) is 65.7 cm³/mol. The number of hydrogen-bond acceptors (Lipinski definition) is 3. The normalized spacial score (nSPS) is 9.71. The Hall–Kier alpha value is -1.84. The minimum atomic E-state index is -0.0660. The van der Waals surface area contributed by atoms with Gasteiger partial charge in [-0.2, -0.15) is 0 Å². The van der Waals surface area contributed by atoms with Crippen LogP contribution in [0.3, 0.4) is 0 Å². The van der Waals surface area contributed by atoms with Crippen molar-refractivity contribution in [3.05, 3.63) is 29.8 Å². The molecular formula is C13H17NO3. The van der Waals surface area contributed by atoms with E-state index in [0.717, 1.165) is 24.9 Å². The third kappa shape index (κ3) is 5.70. The molecule has 0 aliphatic heterocycles. The van der Waals surface area contributed by atoms with E-state index >= 15 is 0 Å². The molecule has 4 nitrogen and oxygen atoms in total. The molecule has 0 aromatic heterocycles. The van der Waals surface area contributed by atoms with Crippen LogP contribution in [0.25, 0.3) is 0 Å². The summed E-state index contributed by atoms with van der Waals surface area (Å²) in [6.45, 7) is 2.44. The van der Waals surface area contributed by atoms with Crippen molar-refractivity contribution >= 4 is 18.1 Å². The number of unbranched alkanes of at least 4 members (excludes halogenated alkanes) is 1. The number of hydrogen-bond donors (Lipinski definition) is 1. The lowest BCUT2D eigenvalue weighted by Crippen LogP contribution is -2.05. The van der Waals surface area contributed by atoms with Crippen molar-refractivity contribution in [2.24, 2.45) is 0 Å². The summed E-state index contributed by atoms with van der Waals surface area (Å²) in [6, 6.07) is 7.76. The van der Waals surface area contributed by atoms with Gasteiger partial charge in [0.15, 0.2) is 0 Å². The largest absolute Gasteiger partial charge is 0.468 e. The fraction of sp³-hybridized carbons (Fsp3) is 0.385. The Morgan fingerprint density at radius 2 is 2.00 bits per heavy atom. The number of aryl methyl sites for hydroxylation is 1. The lowest BCUT2D eigenvalue weighted by Gasteiger charge is -2.04. The van der Waals surface area contributed by atoms with Crippen LogP contribution in [0.1, 0.15) is 25.3 Å². The smallest absolute Gasteiger partial charge is 0.293 e. The molecule has 0 aliphatic rings. The summed E-state index contributed by atoms with van der Waals surface area (Å²) in [7, 11) is 0. The van der Waals surface area contributed by atoms with E-state index in [1.807, 2.05) is 24.3 Å². The Labute approximate surface area is 101 Å². The van der Waals surface area contributed by atoms with Crippen LogP contribution in [-0.4, -0.2) is 19.0 Å². The molecule has 0 fully saturated rings. The quantitative estimate of drug-likeness (QED) is 0.582. The van der Waals surface area contributed by atoms with Crippen LogP contribution in [0.15, 0.2) is 24.3 Å². The number of rotatable bonds is 7. The van der Waals surface area contributed by atoms with Gasteiger partial charge in [-0.1, -0.05) is 12.1 Å². The third-order valence-electron chi connectivity index (χ3n) is 2.32. The van der Waals surface area contributed by atoms with Crippen LogP contribution in [0, 0.1) is 0 Å². The molecule has 1 rings (SSSR count). The molecule has 17 heavy (non-hydrogen) atoms. The summed E-state index contributed by atoms with van der Waals surface area (Å²) < 4.78 is 4.61. The number of ether oxygens (including phenoxy) is 1. The second-order valence-corrected chi connectivity index (χ2v) is 3.80. The third-order valence-corrected chi connectivity index (χ3v) is 2.32. The highest BCUT2D eigenvalue weighted by atomic mass is 16.5. The zero-order valence-electron chi connectivity index (χ0n) is 9.94. The standard InChI is InChI=1S/C13H17NO3/c1-11(16)14-13-7-5-12(6-8-13)4-2-3-9-17-10-15/h5-8,10H,2-4,9H2,1H3,(H,14,16). The van der Waals surface area contributed by atoms with Gasteiger partial charge in [0.2, 0.25) is 5.91 Å². The highest BCUT2D eigenvalue weighted by Gasteiger charge is 1.97. The summed E-state index contributed by atoms with van der Waals surface area (Å²) in [5.74, 6) is -0.0660. The highest BCUT2D eigenvalue weighted by molar-refractivity contribution is 5.88. The monoisotopic (exact) mass is 235 g/mol. The van der Waals surface area contributed by atoms with Crippen molar-refractivity contribution in [1.82, 2.24) is 0 Å². The van der Waals surface area contributed by atoms with Crippen molar-refractivity contribution in [1.29, 1.82) is 0 Å². The molecule has 1 N–H and O–H groups in total. The summed E-state index contributed by atoms with van der Waals surface area (Å²) in [4.78, 5) is 20.7. The lowest BCUT2D eigenvalue weighted by atomic mass is 10.1. The molecule has 1 aromatic carbocycles. The zero-order valence-corrected chi connectivity index (χ0v) is 9.94. The Kier molecular flexibility index (Phi) is 5.79. The zero-order chi connectivity index (χ0) is 12.5. The molecule has 0 aliphatic carbocycles. The van der Waals surface area contributed by atoms with E-state index in [2.05, 4.69) is 10.1 Å². The van der Waals surface area contributed by atoms with E-state index < -0.39 is 0 Å². The molecule has 1 amide bonds. The number of anilines is 1. The Bertz CT molecular complexity index is 359. The van der Waals surface area contributed by atoms with E-state index in [1.54, 1.807) is 0 Å². The van der Waals surface area contributed by atoms with Crippen molar-refractivity contribution in [3.63, 3.8) is 0 Å². The van der Waals surface area contributed by atoms with E-state index in [4.69, 9.17) is 0 Å². The molecule has 0 unspecified atom stereocenters. The lowest BCUT2D eigenvalue weighted by molar-refractivity contribution is -0.128. The first-order valence-corrected chi connectivity index (χ1v) is 5.64. The molecule has 0 spiro atoms. The SMILES string of the molecule is CC(=O)Nc1ccc(CCCCOC=O)cc1. The number of carbonyl (C=O) groups is 2. The summed E-state index contributed by atoms with van der Waals surface area (Å²) >= 11 is 0. The second kappa shape index (κ2) is 7.44. The van der Waals surface area contributed by atoms with Gasteiger partial charge in [-0.25, -0.2) is 0 Å². The van der Waals surface area contributed by atoms with Gasteiger partial charge in [0.25, 0.3) is 6.47 Å². The van der Waals surface area contributed by atoms with Crippen molar-refractivity contribution in [2.75, 3.05) is 11.9 Å². The molecule has 4 heteroatoms. The van der Waals surface area contributed by atoms with Gasteiger partial charge in [-0.05, 0) is 37.0 Å². The van der Waals surface area contributed by atoms with E-state index in [0.29, 0.717) is 13.1 Å². The van der Waals surface area contributed by atoms with Crippen molar-refractivity contribution < 1.29 is 14.3 Å². The van der Waals surface area contributed by atoms with Crippen molar-refractivity contribution in [2.45, 2.75) is 26.2 Å².